The van der Waals surface area contributed by atoms with E-state index in [4.69, 9.17) is 11.6 Å². The van der Waals surface area contributed by atoms with Crippen molar-refractivity contribution in [2.75, 3.05) is 6.54 Å². The molecule has 0 saturated carbocycles. The molecule has 0 radical (unpaired) electrons. The maximum Gasteiger partial charge on any atom is 0.279 e. The summed E-state index contributed by atoms with van der Waals surface area (Å²) in [6.07, 6.45) is 3.92. The first kappa shape index (κ1) is 13.0. The first-order valence-corrected chi connectivity index (χ1v) is 6.46. The molecule has 2 amide bonds. The maximum absolute atomic E-state index is 12.1. The molecule has 5 heteroatoms. The van der Waals surface area contributed by atoms with Gasteiger partial charge in [-0.25, -0.2) is 0 Å². The van der Waals surface area contributed by atoms with Crippen LogP contribution in [-0.2, 0) is 4.79 Å². The van der Waals surface area contributed by atoms with Crippen molar-refractivity contribution in [3.63, 3.8) is 0 Å². The molecule has 0 spiro atoms. The topological polar surface area (TPSA) is 50.3 Å². The third kappa shape index (κ3) is 2.70. The number of nitrogens with zero attached hydrogens (tertiary/aromatic N) is 2. The summed E-state index contributed by atoms with van der Waals surface area (Å²) in [5.41, 5.74) is 0.230. The molecule has 1 aromatic rings. The molecule has 0 aliphatic carbocycles. The summed E-state index contributed by atoms with van der Waals surface area (Å²) >= 11 is 5.81. The first-order valence-electron chi connectivity index (χ1n) is 6.08. The van der Waals surface area contributed by atoms with Crippen LogP contribution in [0, 0.1) is 5.92 Å². The highest BCUT2D eigenvalue weighted by molar-refractivity contribution is 6.30. The molecular weight excluding hydrogens is 252 g/mol. The van der Waals surface area contributed by atoms with E-state index in [0.717, 1.165) is 12.8 Å². The molecule has 18 heavy (non-hydrogen) atoms. The second kappa shape index (κ2) is 5.48. The quantitative estimate of drug-likeness (QED) is 0.790. The van der Waals surface area contributed by atoms with E-state index in [1.54, 1.807) is 6.07 Å². The van der Waals surface area contributed by atoms with E-state index in [-0.39, 0.29) is 23.4 Å². The molecule has 1 aromatic heterocycles. The molecule has 0 N–H and O–H groups in total. The van der Waals surface area contributed by atoms with Crippen LogP contribution >= 0.6 is 11.6 Å². The van der Waals surface area contributed by atoms with Crippen molar-refractivity contribution < 1.29 is 9.59 Å². The number of halogens is 1. The van der Waals surface area contributed by atoms with Gasteiger partial charge in [0.25, 0.3) is 5.91 Å². The van der Waals surface area contributed by atoms with Crippen LogP contribution in [0.5, 0.6) is 0 Å². The number of amides is 2. The number of hydrogen-bond donors (Lipinski definition) is 0. The molecule has 0 aromatic carbocycles. The summed E-state index contributed by atoms with van der Waals surface area (Å²) in [5.74, 6) is -0.174. The Morgan fingerprint density at radius 1 is 1.61 bits per heavy atom. The van der Waals surface area contributed by atoms with Crippen molar-refractivity contribution in [3.8, 4) is 0 Å². The predicted molar refractivity (Wildman–Crippen MR) is 68.3 cm³/mol. The summed E-state index contributed by atoms with van der Waals surface area (Å²) in [7, 11) is 0. The van der Waals surface area contributed by atoms with Crippen molar-refractivity contribution in [2.24, 2.45) is 5.92 Å². The molecule has 96 valence electrons. The molecule has 1 fully saturated rings. The zero-order valence-corrected chi connectivity index (χ0v) is 11.0. The summed E-state index contributed by atoms with van der Waals surface area (Å²) in [6.45, 7) is 2.58. The van der Waals surface area contributed by atoms with E-state index in [2.05, 4.69) is 11.9 Å². The highest BCUT2D eigenvalue weighted by Gasteiger charge is 2.34. The Kier molecular flexibility index (Phi) is 3.97. The molecule has 1 atom stereocenters. The number of rotatable bonds is 3. The van der Waals surface area contributed by atoms with Gasteiger partial charge in [-0.05, 0) is 24.5 Å². The Hall–Kier alpha value is -1.42. The fourth-order valence-electron chi connectivity index (χ4n) is 2.24. The van der Waals surface area contributed by atoms with E-state index in [1.807, 2.05) is 0 Å². The third-order valence-corrected chi connectivity index (χ3v) is 3.32. The molecule has 2 rings (SSSR count). The van der Waals surface area contributed by atoms with Gasteiger partial charge >= 0.3 is 0 Å². The van der Waals surface area contributed by atoms with Crippen molar-refractivity contribution in [1.29, 1.82) is 0 Å². The first-order chi connectivity index (χ1) is 8.61. The molecule has 1 aliphatic rings. The molecule has 1 unspecified atom stereocenters. The maximum atomic E-state index is 12.1. The number of hydrogen-bond acceptors (Lipinski definition) is 3. The number of carbonyl (C=O) groups is 2. The summed E-state index contributed by atoms with van der Waals surface area (Å²) in [5, 5.41) is 0.449. The van der Waals surface area contributed by atoms with Gasteiger partial charge in [0.05, 0.1) is 0 Å². The monoisotopic (exact) mass is 266 g/mol. The third-order valence-electron chi connectivity index (χ3n) is 3.09. The number of pyridine rings is 1. The number of carbonyl (C=O) groups excluding carboxylic acids is 2. The van der Waals surface area contributed by atoms with E-state index in [9.17, 15) is 9.59 Å². The van der Waals surface area contributed by atoms with Gasteiger partial charge in [0.15, 0.2) is 0 Å². The van der Waals surface area contributed by atoms with E-state index in [0.29, 0.717) is 18.0 Å². The van der Waals surface area contributed by atoms with Crippen molar-refractivity contribution in [3.05, 3.63) is 29.0 Å². The minimum Gasteiger partial charge on any atom is -0.277 e. The average molecular weight is 267 g/mol. The fraction of sp³-hybridized carbons (Fsp3) is 0.462. The lowest BCUT2D eigenvalue weighted by atomic mass is 10.0. The van der Waals surface area contributed by atoms with Gasteiger partial charge in [-0.3, -0.25) is 19.5 Å². The van der Waals surface area contributed by atoms with Gasteiger partial charge in [0.1, 0.15) is 5.69 Å². The largest absolute Gasteiger partial charge is 0.279 e. The van der Waals surface area contributed by atoms with Gasteiger partial charge in [-0.2, -0.15) is 0 Å². The average Bonchev–Trinajstić information content (AvgIpc) is 2.70. The predicted octanol–water partition coefficient (Wildman–Crippen LogP) is 2.52. The Morgan fingerprint density at radius 2 is 2.39 bits per heavy atom. The molecule has 1 aliphatic heterocycles. The molecule has 4 nitrogen and oxygen atoms in total. The van der Waals surface area contributed by atoms with Crippen LogP contribution in [0.2, 0.25) is 5.02 Å². The zero-order chi connectivity index (χ0) is 13.1. The summed E-state index contributed by atoms with van der Waals surface area (Å²) in [4.78, 5) is 29.2. The van der Waals surface area contributed by atoms with Crippen molar-refractivity contribution in [2.45, 2.75) is 26.2 Å². The molecule has 2 heterocycles. The lowest BCUT2D eigenvalue weighted by molar-refractivity contribution is -0.125. The fourth-order valence-corrected chi connectivity index (χ4v) is 2.40. The molecule has 0 bridgehead atoms. The van der Waals surface area contributed by atoms with Crippen LogP contribution in [0.4, 0.5) is 0 Å². The Balaban J connectivity index is 2.12. The lowest BCUT2D eigenvalue weighted by Gasteiger charge is -2.14. The van der Waals surface area contributed by atoms with Crippen LogP contribution in [0.1, 0.15) is 36.7 Å². The van der Waals surface area contributed by atoms with Crippen LogP contribution in [0.15, 0.2) is 18.3 Å². The van der Waals surface area contributed by atoms with Crippen LogP contribution in [-0.4, -0.2) is 28.2 Å². The molecule has 1 saturated heterocycles. The number of likely N-dealkylation sites (tertiary alicyclic amines) is 1. The standard InChI is InChI=1S/C13H15ClN2O2/c1-2-3-9-6-12(17)16(8-9)13(18)11-7-10(14)4-5-15-11/h4-5,7,9H,2-3,6,8H2,1H3. The lowest BCUT2D eigenvalue weighted by Crippen LogP contribution is -2.33. The minimum atomic E-state index is -0.346. The smallest absolute Gasteiger partial charge is 0.277 e. The summed E-state index contributed by atoms with van der Waals surface area (Å²) < 4.78 is 0. The van der Waals surface area contributed by atoms with Gasteiger partial charge in [-0.1, -0.05) is 24.9 Å². The Morgan fingerprint density at radius 3 is 3.06 bits per heavy atom. The minimum absolute atomic E-state index is 0.111. The van der Waals surface area contributed by atoms with Gasteiger partial charge in [0.2, 0.25) is 5.91 Å². The summed E-state index contributed by atoms with van der Waals surface area (Å²) in [6, 6.07) is 3.09. The SMILES string of the molecule is CCCC1CC(=O)N(C(=O)c2cc(Cl)ccn2)C1. The van der Waals surface area contributed by atoms with Gasteiger partial charge in [-0.15, -0.1) is 0 Å². The zero-order valence-electron chi connectivity index (χ0n) is 10.2. The number of imide groups is 1. The van der Waals surface area contributed by atoms with Crippen LogP contribution in [0.25, 0.3) is 0 Å². The Bertz CT molecular complexity index is 476. The van der Waals surface area contributed by atoms with E-state index < -0.39 is 0 Å². The van der Waals surface area contributed by atoms with E-state index in [1.165, 1.54) is 17.2 Å². The Labute approximate surface area is 111 Å². The van der Waals surface area contributed by atoms with Crippen molar-refractivity contribution >= 4 is 23.4 Å². The van der Waals surface area contributed by atoms with Gasteiger partial charge in [0, 0.05) is 24.2 Å². The highest BCUT2D eigenvalue weighted by atomic mass is 35.5. The second-order valence-corrected chi connectivity index (χ2v) is 4.96. The van der Waals surface area contributed by atoms with Crippen LogP contribution in [0.3, 0.4) is 0 Å². The second-order valence-electron chi connectivity index (χ2n) is 4.53. The van der Waals surface area contributed by atoms with E-state index >= 15 is 0 Å². The molecular formula is C13H15ClN2O2. The van der Waals surface area contributed by atoms with Gasteiger partial charge < -0.3 is 0 Å². The van der Waals surface area contributed by atoms with Crippen molar-refractivity contribution in [1.82, 2.24) is 9.88 Å². The van der Waals surface area contributed by atoms with Crippen LogP contribution < -0.4 is 0 Å². The normalized spacial score (nSPS) is 19.3. The highest BCUT2D eigenvalue weighted by Crippen LogP contribution is 2.23. The number of aromatic nitrogens is 1.